The van der Waals surface area contributed by atoms with E-state index in [2.05, 4.69) is 30.9 Å². The second-order valence-corrected chi connectivity index (χ2v) is 7.90. The summed E-state index contributed by atoms with van der Waals surface area (Å²) in [6, 6.07) is 16.0. The van der Waals surface area contributed by atoms with Gasteiger partial charge in [-0.2, -0.15) is 0 Å². The summed E-state index contributed by atoms with van der Waals surface area (Å²) in [7, 11) is 0. The van der Waals surface area contributed by atoms with Gasteiger partial charge in [0.05, 0.1) is 5.41 Å². The Morgan fingerprint density at radius 3 is 2.39 bits per heavy atom. The van der Waals surface area contributed by atoms with Gasteiger partial charge in [0.2, 0.25) is 0 Å². The second-order valence-electron chi connectivity index (χ2n) is 7.90. The molecule has 0 bridgehead atoms. The number of hydrogen-bond acceptors (Lipinski definition) is 2. The van der Waals surface area contributed by atoms with E-state index in [1.807, 2.05) is 36.4 Å². The highest BCUT2D eigenvalue weighted by Crippen LogP contribution is 2.40. The zero-order valence-corrected chi connectivity index (χ0v) is 16.1. The van der Waals surface area contributed by atoms with Gasteiger partial charge in [-0.15, -0.1) is 0 Å². The van der Waals surface area contributed by atoms with E-state index in [1.165, 1.54) is 5.56 Å². The van der Waals surface area contributed by atoms with Gasteiger partial charge >= 0.3 is 5.97 Å². The predicted molar refractivity (Wildman–Crippen MR) is 110 cm³/mol. The lowest BCUT2D eigenvalue weighted by molar-refractivity contribution is -0.151. The molecule has 3 heteroatoms. The van der Waals surface area contributed by atoms with Crippen molar-refractivity contribution in [3.8, 4) is 11.8 Å². The maximum absolute atomic E-state index is 11.9. The molecule has 3 nitrogen and oxygen atoms in total. The maximum Gasteiger partial charge on any atom is 0.310 e. The third-order valence-corrected chi connectivity index (χ3v) is 5.75. The van der Waals surface area contributed by atoms with Gasteiger partial charge < -0.3 is 9.52 Å². The zero-order valence-electron chi connectivity index (χ0n) is 16.1. The first-order valence-corrected chi connectivity index (χ1v) is 9.89. The molecule has 0 radical (unpaired) electrons. The predicted octanol–water partition coefficient (Wildman–Crippen LogP) is 5.72. The summed E-state index contributed by atoms with van der Waals surface area (Å²) in [5.74, 6) is 6.45. The lowest BCUT2D eigenvalue weighted by Gasteiger charge is -2.32. The Hall–Kier alpha value is -2.99. The van der Waals surface area contributed by atoms with E-state index in [0.717, 1.165) is 60.0 Å². The third-order valence-electron chi connectivity index (χ3n) is 5.75. The fourth-order valence-corrected chi connectivity index (χ4v) is 4.07. The number of rotatable bonds is 3. The molecule has 1 N–H and O–H groups in total. The molecule has 1 saturated carbocycles. The Balaban J connectivity index is 1.58. The Morgan fingerprint density at radius 2 is 1.68 bits per heavy atom. The highest BCUT2D eigenvalue weighted by atomic mass is 16.4. The summed E-state index contributed by atoms with van der Waals surface area (Å²) >= 11 is 0. The van der Waals surface area contributed by atoms with Crippen LogP contribution in [-0.4, -0.2) is 11.1 Å². The van der Waals surface area contributed by atoms with Crippen molar-refractivity contribution in [2.45, 2.75) is 45.4 Å². The van der Waals surface area contributed by atoms with Crippen LogP contribution < -0.4 is 0 Å². The number of aryl methyl sites for hydroxylation is 1. The fourth-order valence-electron chi connectivity index (χ4n) is 4.07. The first-order valence-electron chi connectivity index (χ1n) is 9.89. The molecule has 1 aromatic heterocycles. The molecule has 28 heavy (non-hydrogen) atoms. The number of carboxylic acids is 1. The van der Waals surface area contributed by atoms with Crippen molar-refractivity contribution in [3.63, 3.8) is 0 Å². The van der Waals surface area contributed by atoms with Crippen LogP contribution in [0.1, 0.15) is 54.6 Å². The van der Waals surface area contributed by atoms with E-state index in [0.29, 0.717) is 6.42 Å². The number of fused-ring (bicyclic) bond motifs is 1. The minimum Gasteiger partial charge on any atom is -0.481 e. The Labute approximate surface area is 165 Å². The number of benzene rings is 2. The van der Waals surface area contributed by atoms with Crippen molar-refractivity contribution in [2.24, 2.45) is 5.41 Å². The van der Waals surface area contributed by atoms with E-state index in [4.69, 9.17) is 4.42 Å². The minimum absolute atomic E-state index is 0.460. The number of furan rings is 1. The monoisotopic (exact) mass is 372 g/mol. The van der Waals surface area contributed by atoms with Crippen LogP contribution in [0, 0.1) is 24.2 Å². The van der Waals surface area contributed by atoms with Crippen LogP contribution >= 0.6 is 0 Å². The zero-order chi connectivity index (χ0) is 19.6. The number of carbonyl (C=O) groups is 1. The molecule has 1 fully saturated rings. The van der Waals surface area contributed by atoms with Crippen LogP contribution in [0.25, 0.3) is 11.0 Å². The summed E-state index contributed by atoms with van der Waals surface area (Å²) in [5, 5.41) is 10.8. The standard InChI is InChI=1S/C25H24O3/c1-18-5-7-19(8-6-18)9-10-20-11-12-23-21(15-20)16-22(28-23)17-25(24(26)27)13-3-2-4-14-25/h5-8,11-12,15-16H,2-4,13-14,17H2,1H3,(H,26,27). The average molecular weight is 372 g/mol. The van der Waals surface area contributed by atoms with Crippen LogP contribution in [0.5, 0.6) is 0 Å². The summed E-state index contributed by atoms with van der Waals surface area (Å²) < 4.78 is 5.97. The molecule has 4 rings (SSSR count). The van der Waals surface area contributed by atoms with Crippen molar-refractivity contribution >= 4 is 16.9 Å². The molecule has 1 aliphatic carbocycles. The van der Waals surface area contributed by atoms with Gasteiger partial charge in [-0.1, -0.05) is 48.8 Å². The van der Waals surface area contributed by atoms with Gasteiger partial charge in [0.15, 0.2) is 0 Å². The van der Waals surface area contributed by atoms with Crippen molar-refractivity contribution in [3.05, 3.63) is 71.0 Å². The fraction of sp³-hybridized carbons (Fsp3) is 0.320. The molecule has 2 aromatic carbocycles. The van der Waals surface area contributed by atoms with Crippen LogP contribution in [-0.2, 0) is 11.2 Å². The Bertz CT molecular complexity index is 1050. The lowest BCUT2D eigenvalue weighted by Crippen LogP contribution is -2.35. The number of aliphatic carboxylic acids is 1. The highest BCUT2D eigenvalue weighted by molar-refractivity contribution is 5.80. The highest BCUT2D eigenvalue weighted by Gasteiger charge is 2.40. The molecule has 1 heterocycles. The summed E-state index contributed by atoms with van der Waals surface area (Å²) in [4.78, 5) is 11.9. The normalized spacial score (nSPS) is 15.8. The van der Waals surface area contributed by atoms with Crippen LogP contribution in [0.15, 0.2) is 52.9 Å². The molecule has 0 aliphatic heterocycles. The van der Waals surface area contributed by atoms with Gasteiger partial charge in [-0.25, -0.2) is 0 Å². The van der Waals surface area contributed by atoms with E-state index < -0.39 is 11.4 Å². The lowest BCUT2D eigenvalue weighted by atomic mass is 9.71. The smallest absolute Gasteiger partial charge is 0.310 e. The van der Waals surface area contributed by atoms with Crippen LogP contribution in [0.2, 0.25) is 0 Å². The van der Waals surface area contributed by atoms with Crippen LogP contribution in [0.4, 0.5) is 0 Å². The van der Waals surface area contributed by atoms with Crippen molar-refractivity contribution in [1.29, 1.82) is 0 Å². The minimum atomic E-state index is -0.697. The van der Waals surface area contributed by atoms with E-state index in [1.54, 1.807) is 0 Å². The van der Waals surface area contributed by atoms with E-state index in [-0.39, 0.29) is 0 Å². The molecule has 142 valence electrons. The first-order chi connectivity index (χ1) is 13.5. The van der Waals surface area contributed by atoms with Gasteiger partial charge in [0, 0.05) is 22.9 Å². The van der Waals surface area contributed by atoms with Gasteiger partial charge in [-0.3, -0.25) is 4.79 Å². The Kier molecular flexibility index (Phi) is 4.96. The summed E-state index contributed by atoms with van der Waals surface area (Å²) in [6.07, 6.45) is 5.00. The second kappa shape index (κ2) is 7.56. The molecule has 1 aliphatic rings. The Morgan fingerprint density at radius 1 is 1.00 bits per heavy atom. The molecule has 0 amide bonds. The number of hydrogen-bond donors (Lipinski definition) is 1. The van der Waals surface area contributed by atoms with E-state index in [9.17, 15) is 9.90 Å². The van der Waals surface area contributed by atoms with Gasteiger partial charge in [0.25, 0.3) is 0 Å². The largest absolute Gasteiger partial charge is 0.481 e. The molecule has 0 atom stereocenters. The van der Waals surface area contributed by atoms with Gasteiger partial charge in [0.1, 0.15) is 11.3 Å². The molecule has 3 aromatic rings. The van der Waals surface area contributed by atoms with Crippen molar-refractivity contribution < 1.29 is 14.3 Å². The van der Waals surface area contributed by atoms with Crippen molar-refractivity contribution in [2.75, 3.05) is 0 Å². The quantitative estimate of drug-likeness (QED) is 0.598. The molecule has 0 saturated heterocycles. The maximum atomic E-state index is 11.9. The summed E-state index contributed by atoms with van der Waals surface area (Å²) in [6.45, 7) is 2.06. The molecular formula is C25H24O3. The van der Waals surface area contributed by atoms with Gasteiger partial charge in [-0.05, 0) is 56.2 Å². The number of carboxylic acid groups (broad SMARTS) is 1. The first kappa shape index (κ1) is 18.4. The third kappa shape index (κ3) is 3.82. The molecule has 0 spiro atoms. The van der Waals surface area contributed by atoms with Crippen LogP contribution in [0.3, 0.4) is 0 Å². The van der Waals surface area contributed by atoms with Crippen molar-refractivity contribution in [1.82, 2.24) is 0 Å². The summed E-state index contributed by atoms with van der Waals surface area (Å²) in [5.41, 5.74) is 3.23. The molecule has 0 unspecified atom stereocenters. The topological polar surface area (TPSA) is 50.4 Å². The SMILES string of the molecule is Cc1ccc(C#Cc2ccc3oc(CC4(C(=O)O)CCCCC4)cc3c2)cc1. The average Bonchev–Trinajstić information content (AvgIpc) is 3.09. The molecular weight excluding hydrogens is 348 g/mol. The van der Waals surface area contributed by atoms with E-state index >= 15 is 0 Å².